The lowest BCUT2D eigenvalue weighted by Gasteiger charge is -2.25. The van der Waals surface area contributed by atoms with Gasteiger partial charge in [-0.25, -0.2) is 4.57 Å². The molecule has 0 radical (unpaired) electrons. The number of rotatable bonds is 54. The van der Waals surface area contributed by atoms with Crippen LogP contribution in [0.25, 0.3) is 0 Å². The Bertz CT molecular complexity index is 1200. The monoisotopic (exact) mass is 980 g/mol. The molecule has 0 aliphatic heterocycles. The molecular formula is C59H116N2O6P+. The van der Waals surface area contributed by atoms with Crippen LogP contribution in [0.15, 0.2) is 36.5 Å². The van der Waals surface area contributed by atoms with Crippen LogP contribution in [-0.2, 0) is 18.4 Å². The summed E-state index contributed by atoms with van der Waals surface area (Å²) in [5.41, 5.74) is 0. The lowest BCUT2D eigenvalue weighted by Crippen LogP contribution is -2.45. The van der Waals surface area contributed by atoms with E-state index in [1.54, 1.807) is 6.08 Å². The van der Waals surface area contributed by atoms with Crippen LogP contribution in [0.1, 0.15) is 284 Å². The van der Waals surface area contributed by atoms with E-state index in [0.717, 1.165) is 38.5 Å². The van der Waals surface area contributed by atoms with Crippen LogP contribution >= 0.6 is 7.82 Å². The van der Waals surface area contributed by atoms with Gasteiger partial charge in [-0.3, -0.25) is 13.8 Å². The van der Waals surface area contributed by atoms with Crippen molar-refractivity contribution in [3.05, 3.63) is 36.5 Å². The van der Waals surface area contributed by atoms with Crippen LogP contribution in [0.2, 0.25) is 0 Å². The summed E-state index contributed by atoms with van der Waals surface area (Å²) < 4.78 is 23.5. The molecule has 0 aromatic heterocycles. The van der Waals surface area contributed by atoms with E-state index < -0.39 is 20.0 Å². The van der Waals surface area contributed by atoms with Crippen molar-refractivity contribution < 1.29 is 32.9 Å². The Balaban J connectivity index is 3.81. The number of carbonyl (C=O) groups excluding carboxylic acids is 1. The number of aliphatic hydroxyl groups is 1. The third-order valence-corrected chi connectivity index (χ3v) is 14.3. The number of nitrogens with zero attached hydrogens (tertiary/aromatic N) is 1. The first kappa shape index (κ1) is 66.7. The Labute approximate surface area is 423 Å². The predicted octanol–water partition coefficient (Wildman–Crippen LogP) is 17.8. The van der Waals surface area contributed by atoms with Gasteiger partial charge in [-0.05, 0) is 57.8 Å². The van der Waals surface area contributed by atoms with Gasteiger partial charge in [0, 0.05) is 6.42 Å². The summed E-state index contributed by atoms with van der Waals surface area (Å²) in [6, 6.07) is -0.859. The van der Waals surface area contributed by atoms with Crippen molar-refractivity contribution in [1.82, 2.24) is 5.32 Å². The molecule has 402 valence electrons. The molecule has 0 aromatic carbocycles. The third kappa shape index (κ3) is 52.5. The third-order valence-electron chi connectivity index (χ3n) is 13.3. The minimum absolute atomic E-state index is 0.0573. The molecule has 68 heavy (non-hydrogen) atoms. The van der Waals surface area contributed by atoms with Crippen molar-refractivity contribution in [3.8, 4) is 0 Å². The number of phosphoric ester groups is 1. The van der Waals surface area contributed by atoms with Crippen LogP contribution in [0.3, 0.4) is 0 Å². The van der Waals surface area contributed by atoms with Gasteiger partial charge >= 0.3 is 7.82 Å². The van der Waals surface area contributed by atoms with E-state index in [4.69, 9.17) is 9.05 Å². The summed E-state index contributed by atoms with van der Waals surface area (Å²) in [6.07, 6.45) is 65.9. The average molecular weight is 981 g/mol. The summed E-state index contributed by atoms with van der Waals surface area (Å²) in [5, 5.41) is 13.8. The summed E-state index contributed by atoms with van der Waals surface area (Å²) in [5.74, 6) is -0.185. The zero-order valence-corrected chi connectivity index (χ0v) is 46.8. The number of unbranched alkanes of at least 4 members (excludes halogenated alkanes) is 37. The number of carbonyl (C=O) groups is 1. The number of quaternary nitrogens is 1. The number of aliphatic hydroxyl groups excluding tert-OH is 1. The lowest BCUT2D eigenvalue weighted by molar-refractivity contribution is -0.870. The Kier molecular flexibility index (Phi) is 49.7. The number of hydrogen-bond donors (Lipinski definition) is 3. The van der Waals surface area contributed by atoms with Crippen LogP contribution in [0, 0.1) is 0 Å². The molecular weight excluding hydrogens is 864 g/mol. The number of phosphoric acid groups is 1. The first-order valence-electron chi connectivity index (χ1n) is 29.4. The predicted molar refractivity (Wildman–Crippen MR) is 295 cm³/mol. The first-order valence-corrected chi connectivity index (χ1v) is 30.9. The molecule has 0 aliphatic rings. The number of likely N-dealkylation sites (N-methyl/N-ethyl adjacent to an activating group) is 1. The molecule has 0 saturated heterocycles. The highest BCUT2D eigenvalue weighted by Gasteiger charge is 2.27. The Morgan fingerprint density at radius 3 is 1.21 bits per heavy atom. The molecule has 0 rings (SSSR count). The lowest BCUT2D eigenvalue weighted by atomic mass is 10.0. The second-order valence-corrected chi connectivity index (χ2v) is 22.8. The maximum Gasteiger partial charge on any atom is 0.472 e. The molecule has 0 spiro atoms. The van der Waals surface area contributed by atoms with Crippen molar-refractivity contribution in [3.63, 3.8) is 0 Å². The fourth-order valence-corrected chi connectivity index (χ4v) is 9.44. The van der Waals surface area contributed by atoms with Gasteiger partial charge in [0.15, 0.2) is 0 Å². The zero-order chi connectivity index (χ0) is 49.9. The molecule has 0 saturated carbocycles. The summed E-state index contributed by atoms with van der Waals surface area (Å²) in [4.78, 5) is 23.1. The topological polar surface area (TPSA) is 105 Å². The minimum atomic E-state index is -4.34. The van der Waals surface area contributed by atoms with Crippen molar-refractivity contribution in [2.45, 2.75) is 296 Å². The van der Waals surface area contributed by atoms with E-state index >= 15 is 0 Å². The fourth-order valence-electron chi connectivity index (χ4n) is 8.70. The smallest absolute Gasteiger partial charge is 0.387 e. The molecule has 8 nitrogen and oxygen atoms in total. The maximum absolute atomic E-state index is 12.9. The molecule has 1 amide bonds. The highest BCUT2D eigenvalue weighted by molar-refractivity contribution is 7.47. The van der Waals surface area contributed by atoms with E-state index in [0.29, 0.717) is 17.4 Å². The molecule has 3 unspecified atom stereocenters. The Morgan fingerprint density at radius 1 is 0.485 bits per heavy atom. The Hall–Kier alpha value is -1.28. The van der Waals surface area contributed by atoms with E-state index in [1.807, 2.05) is 27.2 Å². The van der Waals surface area contributed by atoms with Crippen molar-refractivity contribution in [1.29, 1.82) is 0 Å². The SMILES string of the molecule is CCCCC/C=C/CC/C=C/C(O)C(COP(=O)(O)OCC[N+](C)(C)C)NC(=O)CCCCCCCCCCCCCCCCCCCCCCCCCCC/C=C\CCCCCCCCCC. The summed E-state index contributed by atoms with van der Waals surface area (Å²) >= 11 is 0. The van der Waals surface area contributed by atoms with Crippen molar-refractivity contribution >= 4 is 13.7 Å². The van der Waals surface area contributed by atoms with Gasteiger partial charge in [-0.15, -0.1) is 0 Å². The molecule has 3 atom stereocenters. The highest BCUT2D eigenvalue weighted by Crippen LogP contribution is 2.43. The number of hydrogen-bond acceptors (Lipinski definition) is 5. The normalized spacial score (nSPS) is 14.2. The van der Waals surface area contributed by atoms with Crippen LogP contribution in [0.4, 0.5) is 0 Å². The minimum Gasteiger partial charge on any atom is -0.387 e. The largest absolute Gasteiger partial charge is 0.472 e. The van der Waals surface area contributed by atoms with Gasteiger partial charge < -0.3 is 19.8 Å². The van der Waals surface area contributed by atoms with Gasteiger partial charge in [0.25, 0.3) is 0 Å². The molecule has 9 heteroatoms. The van der Waals surface area contributed by atoms with E-state index in [1.165, 1.54) is 225 Å². The summed E-state index contributed by atoms with van der Waals surface area (Å²) in [7, 11) is 1.56. The van der Waals surface area contributed by atoms with Gasteiger partial charge in [0.1, 0.15) is 13.2 Å². The van der Waals surface area contributed by atoms with Gasteiger partial charge in [-0.2, -0.15) is 0 Å². The highest BCUT2D eigenvalue weighted by atomic mass is 31.2. The second kappa shape index (κ2) is 50.7. The number of allylic oxidation sites excluding steroid dienone is 5. The van der Waals surface area contributed by atoms with E-state index in [9.17, 15) is 19.4 Å². The van der Waals surface area contributed by atoms with Crippen LogP contribution in [0.5, 0.6) is 0 Å². The Morgan fingerprint density at radius 2 is 0.809 bits per heavy atom. The van der Waals surface area contributed by atoms with E-state index in [-0.39, 0.29) is 19.1 Å². The second-order valence-electron chi connectivity index (χ2n) is 21.4. The molecule has 0 fully saturated rings. The van der Waals surface area contributed by atoms with Gasteiger partial charge in [0.05, 0.1) is 39.9 Å². The quantitative estimate of drug-likeness (QED) is 0.0243. The number of amides is 1. The average Bonchev–Trinajstić information content (AvgIpc) is 3.30. The maximum atomic E-state index is 12.9. The van der Waals surface area contributed by atoms with Gasteiger partial charge in [-0.1, -0.05) is 256 Å². The fraction of sp³-hybridized carbons (Fsp3) is 0.881. The molecule has 0 aromatic rings. The van der Waals surface area contributed by atoms with Crippen LogP contribution < -0.4 is 5.32 Å². The number of nitrogens with one attached hydrogen (secondary N) is 1. The summed E-state index contributed by atoms with van der Waals surface area (Å²) in [6.45, 7) is 4.76. The zero-order valence-electron chi connectivity index (χ0n) is 45.9. The first-order chi connectivity index (χ1) is 33.0. The van der Waals surface area contributed by atoms with Gasteiger partial charge in [0.2, 0.25) is 5.91 Å². The van der Waals surface area contributed by atoms with Crippen LogP contribution in [-0.4, -0.2) is 73.4 Å². The molecule has 0 aliphatic carbocycles. The molecule has 0 bridgehead atoms. The van der Waals surface area contributed by atoms with E-state index in [2.05, 4.69) is 43.5 Å². The molecule has 0 heterocycles. The molecule has 3 N–H and O–H groups in total. The van der Waals surface area contributed by atoms with Crippen molar-refractivity contribution in [2.75, 3.05) is 40.9 Å². The van der Waals surface area contributed by atoms with Crippen molar-refractivity contribution in [2.24, 2.45) is 0 Å². The standard InChI is InChI=1S/C59H115N2O6P/c1-6-8-10-12-14-16-17-18-19-20-21-22-23-24-25-26-27-28-29-30-31-32-33-34-35-36-37-38-39-40-41-42-43-45-47-49-51-53-59(63)60-57(56-67-68(64,65)66-55-54-61(3,4)5)58(62)52-50-48-46-44-15-13-11-9-7-2/h15,20-21,44,50,52,57-58,62H,6-14,16-19,22-43,45-49,51,53-56H2,1-5H3,(H-,60,63,64,65)/p+1/b21-20-,44-15+,52-50+.